The third-order valence-electron chi connectivity index (χ3n) is 5.31. The molecule has 37 heavy (non-hydrogen) atoms. The third-order valence-corrected chi connectivity index (χ3v) is 5.31. The number of ether oxygens (including phenoxy) is 3. The number of carbonyl (C=O) groups is 3. The minimum atomic E-state index is -0.891. The van der Waals surface area contributed by atoms with E-state index in [2.05, 4.69) is 9.97 Å². The summed E-state index contributed by atoms with van der Waals surface area (Å²) in [4.78, 5) is 47.0. The molecule has 8 nitrogen and oxygen atoms in total. The third kappa shape index (κ3) is 6.85. The number of rotatable bonds is 9. The van der Waals surface area contributed by atoms with Gasteiger partial charge in [-0.25, -0.2) is 24.4 Å². The molecule has 0 fully saturated rings. The molecule has 0 saturated carbocycles. The van der Waals surface area contributed by atoms with Crippen molar-refractivity contribution in [3.63, 3.8) is 0 Å². The van der Waals surface area contributed by atoms with Gasteiger partial charge in [-0.15, -0.1) is 0 Å². The molecule has 1 aromatic heterocycles. The maximum absolute atomic E-state index is 13.1. The van der Waals surface area contributed by atoms with Crippen LogP contribution in [0.1, 0.15) is 53.8 Å². The number of hydrogen-bond donors (Lipinski definition) is 0. The van der Waals surface area contributed by atoms with Crippen LogP contribution in [0.25, 0.3) is 0 Å². The highest BCUT2D eigenvalue weighted by Gasteiger charge is 2.28. The Labute approximate surface area is 213 Å². The fourth-order valence-corrected chi connectivity index (χ4v) is 3.43. The van der Waals surface area contributed by atoms with Gasteiger partial charge < -0.3 is 14.2 Å². The van der Waals surface area contributed by atoms with Crippen molar-refractivity contribution in [1.29, 1.82) is 0 Å². The number of aromatic nitrogens is 2. The van der Waals surface area contributed by atoms with Crippen molar-refractivity contribution >= 4 is 17.9 Å². The fourth-order valence-electron chi connectivity index (χ4n) is 3.43. The lowest BCUT2D eigenvalue weighted by molar-refractivity contribution is 0.0409. The molecular weight excluding hydrogens is 472 g/mol. The van der Waals surface area contributed by atoms with Crippen LogP contribution >= 0.6 is 0 Å². The van der Waals surface area contributed by atoms with E-state index in [-0.39, 0.29) is 42.6 Å². The molecule has 186 valence electrons. The van der Waals surface area contributed by atoms with Gasteiger partial charge in [-0.2, -0.15) is 0 Å². The number of benzene rings is 3. The Bertz CT molecular complexity index is 1380. The summed E-state index contributed by atoms with van der Waals surface area (Å²) in [6.45, 7) is 1.42. The highest BCUT2D eigenvalue weighted by atomic mass is 16.5. The van der Waals surface area contributed by atoms with Gasteiger partial charge in [0.2, 0.25) is 5.82 Å². The maximum Gasteiger partial charge on any atom is 0.376 e. The van der Waals surface area contributed by atoms with Gasteiger partial charge >= 0.3 is 17.9 Å². The van der Waals surface area contributed by atoms with Crippen molar-refractivity contribution in [3.05, 3.63) is 130 Å². The first-order valence-electron chi connectivity index (χ1n) is 11.5. The van der Waals surface area contributed by atoms with Crippen LogP contribution in [0.2, 0.25) is 0 Å². The normalized spacial score (nSPS) is 10.4. The second-order valence-corrected chi connectivity index (χ2v) is 8.04. The molecule has 1 heterocycles. The van der Waals surface area contributed by atoms with Crippen molar-refractivity contribution < 1.29 is 28.6 Å². The standard InChI is InChI=1S/C29H24N2O6/c1-20-24(27(32)35-17-21-11-5-2-6-12-21)25(28(33)36-18-22-13-7-3-8-14-22)31-26(30-20)29(34)37-19-23-15-9-4-10-16-23/h2-16H,17-19H2,1H3. The van der Waals surface area contributed by atoms with Gasteiger partial charge in [0.25, 0.3) is 0 Å². The van der Waals surface area contributed by atoms with Crippen molar-refractivity contribution in [2.75, 3.05) is 0 Å². The van der Waals surface area contributed by atoms with Gasteiger partial charge in [0.15, 0.2) is 5.69 Å². The molecule has 0 atom stereocenters. The topological polar surface area (TPSA) is 105 Å². The first-order valence-corrected chi connectivity index (χ1v) is 11.5. The molecule has 0 bridgehead atoms. The molecular formula is C29H24N2O6. The van der Waals surface area contributed by atoms with Crippen molar-refractivity contribution in [2.24, 2.45) is 0 Å². The summed E-state index contributed by atoms with van der Waals surface area (Å²) >= 11 is 0. The van der Waals surface area contributed by atoms with Gasteiger partial charge in [-0.3, -0.25) is 0 Å². The van der Waals surface area contributed by atoms with Crippen LogP contribution < -0.4 is 0 Å². The first kappa shape index (κ1) is 25.2. The zero-order chi connectivity index (χ0) is 26.0. The van der Waals surface area contributed by atoms with Gasteiger partial charge in [0.1, 0.15) is 25.4 Å². The number of aryl methyl sites for hydroxylation is 1. The van der Waals surface area contributed by atoms with Crippen molar-refractivity contribution in [1.82, 2.24) is 9.97 Å². The van der Waals surface area contributed by atoms with Crippen LogP contribution in [0, 0.1) is 6.92 Å². The van der Waals surface area contributed by atoms with Crippen molar-refractivity contribution in [3.8, 4) is 0 Å². The summed E-state index contributed by atoms with van der Waals surface area (Å²) in [7, 11) is 0. The number of carbonyl (C=O) groups excluding carboxylic acids is 3. The largest absolute Gasteiger partial charge is 0.457 e. The lowest BCUT2D eigenvalue weighted by Crippen LogP contribution is -2.22. The van der Waals surface area contributed by atoms with Gasteiger partial charge in [-0.1, -0.05) is 91.0 Å². The van der Waals surface area contributed by atoms with E-state index in [1.807, 2.05) is 54.6 Å². The Morgan fingerprint density at radius 1 is 0.568 bits per heavy atom. The Morgan fingerprint density at radius 3 is 1.43 bits per heavy atom. The summed E-state index contributed by atoms with van der Waals surface area (Å²) in [5, 5.41) is 0. The van der Waals surface area contributed by atoms with E-state index >= 15 is 0 Å². The molecule has 4 aromatic rings. The Morgan fingerprint density at radius 2 is 0.973 bits per heavy atom. The zero-order valence-corrected chi connectivity index (χ0v) is 20.1. The van der Waals surface area contributed by atoms with Crippen LogP contribution in [-0.2, 0) is 34.0 Å². The molecule has 3 aromatic carbocycles. The average Bonchev–Trinajstić information content (AvgIpc) is 2.94. The lowest BCUT2D eigenvalue weighted by Gasteiger charge is -2.13. The molecule has 0 spiro atoms. The van der Waals surface area contributed by atoms with Crippen LogP contribution in [-0.4, -0.2) is 27.9 Å². The maximum atomic E-state index is 13.1. The smallest absolute Gasteiger partial charge is 0.376 e. The monoisotopic (exact) mass is 496 g/mol. The molecule has 0 aliphatic rings. The number of esters is 3. The average molecular weight is 497 g/mol. The summed E-state index contributed by atoms with van der Waals surface area (Å²) in [5.41, 5.74) is 1.84. The van der Waals surface area contributed by atoms with E-state index in [0.29, 0.717) is 0 Å². The zero-order valence-electron chi connectivity index (χ0n) is 20.1. The summed E-state index contributed by atoms with van der Waals surface area (Å²) < 4.78 is 16.1. The molecule has 8 heteroatoms. The SMILES string of the molecule is Cc1nc(C(=O)OCc2ccccc2)nc(C(=O)OCc2ccccc2)c1C(=O)OCc1ccccc1. The van der Waals surface area contributed by atoms with Crippen LogP contribution in [0.5, 0.6) is 0 Å². The lowest BCUT2D eigenvalue weighted by atomic mass is 10.1. The summed E-state index contributed by atoms with van der Waals surface area (Å²) in [6.07, 6.45) is 0. The Balaban J connectivity index is 1.58. The van der Waals surface area contributed by atoms with Crippen LogP contribution in [0.15, 0.2) is 91.0 Å². The minimum Gasteiger partial charge on any atom is -0.457 e. The Kier molecular flexibility index (Phi) is 8.33. The minimum absolute atomic E-state index is 0.00324. The molecule has 0 saturated heterocycles. The predicted molar refractivity (Wildman–Crippen MR) is 133 cm³/mol. The van der Waals surface area contributed by atoms with Gasteiger partial charge in [-0.05, 0) is 23.6 Å². The van der Waals surface area contributed by atoms with E-state index < -0.39 is 17.9 Å². The second kappa shape index (κ2) is 12.2. The second-order valence-electron chi connectivity index (χ2n) is 8.04. The molecule has 0 radical (unpaired) electrons. The van der Waals surface area contributed by atoms with Crippen LogP contribution in [0.4, 0.5) is 0 Å². The quantitative estimate of drug-likeness (QED) is 0.239. The molecule has 0 amide bonds. The number of nitrogens with zero attached hydrogens (tertiary/aromatic N) is 2. The van der Waals surface area contributed by atoms with Crippen molar-refractivity contribution in [2.45, 2.75) is 26.7 Å². The number of hydrogen-bond acceptors (Lipinski definition) is 8. The first-order chi connectivity index (χ1) is 18.0. The van der Waals surface area contributed by atoms with Crippen LogP contribution in [0.3, 0.4) is 0 Å². The fraction of sp³-hybridized carbons (Fsp3) is 0.138. The molecule has 4 rings (SSSR count). The van der Waals surface area contributed by atoms with E-state index in [1.165, 1.54) is 6.92 Å². The van der Waals surface area contributed by atoms with Gasteiger partial charge in [0, 0.05) is 0 Å². The molecule has 0 N–H and O–H groups in total. The summed E-state index contributed by atoms with van der Waals surface area (Å²) in [6, 6.07) is 27.2. The molecule has 0 aliphatic carbocycles. The summed E-state index contributed by atoms with van der Waals surface area (Å²) in [5.74, 6) is -2.90. The highest BCUT2D eigenvalue weighted by molar-refractivity contribution is 6.03. The highest BCUT2D eigenvalue weighted by Crippen LogP contribution is 2.17. The predicted octanol–water partition coefficient (Wildman–Crippen LogP) is 4.86. The van der Waals surface area contributed by atoms with E-state index in [0.717, 1.165) is 16.7 Å². The van der Waals surface area contributed by atoms with E-state index in [1.54, 1.807) is 36.4 Å². The Hall–Kier alpha value is -4.85. The van der Waals surface area contributed by atoms with Gasteiger partial charge in [0.05, 0.1) is 5.69 Å². The molecule has 0 unspecified atom stereocenters. The van der Waals surface area contributed by atoms with E-state index in [4.69, 9.17) is 14.2 Å². The van der Waals surface area contributed by atoms with E-state index in [9.17, 15) is 14.4 Å². The molecule has 0 aliphatic heterocycles.